The van der Waals surface area contributed by atoms with Crippen LogP contribution in [0.25, 0.3) is 0 Å². The van der Waals surface area contributed by atoms with E-state index in [1.807, 2.05) is 0 Å². The standard InChI is InChI=1S/C10H20N2O3/c1-3-15-9(14)10(12,8(2)13)6-4-5-7-11/h3-7,11-12H2,1-2H3/t10-/m1/s1. The van der Waals surface area contributed by atoms with Crippen LogP contribution >= 0.6 is 0 Å². The van der Waals surface area contributed by atoms with Crippen LogP contribution in [0.1, 0.15) is 33.1 Å². The zero-order chi connectivity index (χ0) is 11.9. The zero-order valence-corrected chi connectivity index (χ0v) is 9.41. The van der Waals surface area contributed by atoms with E-state index in [9.17, 15) is 9.59 Å². The monoisotopic (exact) mass is 216 g/mol. The molecule has 0 aromatic carbocycles. The Balaban J connectivity index is 4.44. The van der Waals surface area contributed by atoms with Crippen molar-refractivity contribution in [2.75, 3.05) is 13.2 Å². The number of esters is 1. The molecule has 0 bridgehead atoms. The highest BCUT2D eigenvalue weighted by atomic mass is 16.5. The van der Waals surface area contributed by atoms with E-state index in [1.165, 1.54) is 6.92 Å². The number of ether oxygens (including phenoxy) is 1. The third-order valence-electron chi connectivity index (χ3n) is 2.29. The summed E-state index contributed by atoms with van der Waals surface area (Å²) < 4.78 is 4.78. The van der Waals surface area contributed by atoms with Crippen molar-refractivity contribution in [3.05, 3.63) is 0 Å². The number of Topliss-reactive ketones (excluding diaryl/α,β-unsaturated/α-hetero) is 1. The largest absolute Gasteiger partial charge is 0.464 e. The molecular weight excluding hydrogens is 196 g/mol. The number of carbonyl (C=O) groups excluding carboxylic acids is 2. The SMILES string of the molecule is CCOC(=O)[C@@](N)(CCCCN)C(C)=O. The molecule has 88 valence electrons. The molecule has 15 heavy (non-hydrogen) atoms. The molecule has 0 fully saturated rings. The van der Waals surface area contributed by atoms with Gasteiger partial charge in [-0.25, -0.2) is 4.79 Å². The lowest BCUT2D eigenvalue weighted by atomic mass is 9.90. The predicted molar refractivity (Wildman–Crippen MR) is 57.1 cm³/mol. The molecule has 0 saturated heterocycles. The van der Waals surface area contributed by atoms with Gasteiger partial charge in [0, 0.05) is 0 Å². The van der Waals surface area contributed by atoms with Crippen molar-refractivity contribution >= 4 is 11.8 Å². The Morgan fingerprint density at radius 2 is 1.93 bits per heavy atom. The van der Waals surface area contributed by atoms with Crippen LogP contribution in [0.15, 0.2) is 0 Å². The fourth-order valence-corrected chi connectivity index (χ4v) is 1.23. The summed E-state index contributed by atoms with van der Waals surface area (Å²) in [6, 6.07) is 0. The fourth-order valence-electron chi connectivity index (χ4n) is 1.23. The summed E-state index contributed by atoms with van der Waals surface area (Å²) >= 11 is 0. The quantitative estimate of drug-likeness (QED) is 0.354. The first kappa shape index (κ1) is 14.1. The Labute approximate surface area is 90.1 Å². The molecule has 1 atom stereocenters. The molecule has 0 aromatic heterocycles. The molecule has 0 aliphatic heterocycles. The number of carbonyl (C=O) groups is 2. The van der Waals surface area contributed by atoms with E-state index in [0.29, 0.717) is 19.4 Å². The van der Waals surface area contributed by atoms with Crippen molar-refractivity contribution in [2.45, 2.75) is 38.6 Å². The first-order chi connectivity index (χ1) is 6.99. The van der Waals surface area contributed by atoms with Crippen molar-refractivity contribution < 1.29 is 14.3 Å². The highest BCUT2D eigenvalue weighted by molar-refractivity contribution is 6.07. The predicted octanol–water partition coefficient (Wildman–Crippen LogP) is -0.0350. The van der Waals surface area contributed by atoms with Gasteiger partial charge in [0.2, 0.25) is 0 Å². The van der Waals surface area contributed by atoms with Gasteiger partial charge in [0.25, 0.3) is 0 Å². The maximum atomic E-state index is 11.5. The lowest BCUT2D eigenvalue weighted by Crippen LogP contribution is -2.54. The first-order valence-electron chi connectivity index (χ1n) is 5.16. The topological polar surface area (TPSA) is 95.4 Å². The summed E-state index contributed by atoms with van der Waals surface area (Å²) in [6.07, 6.45) is 1.68. The van der Waals surface area contributed by atoms with Crippen LogP contribution in [0.5, 0.6) is 0 Å². The van der Waals surface area contributed by atoms with Crippen LogP contribution in [-0.2, 0) is 14.3 Å². The van der Waals surface area contributed by atoms with Crippen LogP contribution in [0.3, 0.4) is 0 Å². The second kappa shape index (κ2) is 6.53. The summed E-state index contributed by atoms with van der Waals surface area (Å²) in [4.78, 5) is 22.8. The van der Waals surface area contributed by atoms with Gasteiger partial charge in [-0.05, 0) is 39.7 Å². The second-order valence-corrected chi connectivity index (χ2v) is 3.49. The van der Waals surface area contributed by atoms with Crippen LogP contribution in [-0.4, -0.2) is 30.4 Å². The van der Waals surface area contributed by atoms with Crippen LogP contribution in [0.2, 0.25) is 0 Å². The number of nitrogens with two attached hydrogens (primary N) is 2. The highest BCUT2D eigenvalue weighted by Crippen LogP contribution is 2.14. The second-order valence-electron chi connectivity index (χ2n) is 3.49. The maximum absolute atomic E-state index is 11.5. The maximum Gasteiger partial charge on any atom is 0.333 e. The molecule has 4 N–H and O–H groups in total. The van der Waals surface area contributed by atoms with Gasteiger partial charge in [-0.2, -0.15) is 0 Å². The highest BCUT2D eigenvalue weighted by Gasteiger charge is 2.39. The molecule has 0 rings (SSSR count). The average molecular weight is 216 g/mol. The van der Waals surface area contributed by atoms with E-state index in [-0.39, 0.29) is 12.4 Å². The van der Waals surface area contributed by atoms with Gasteiger partial charge < -0.3 is 16.2 Å². The van der Waals surface area contributed by atoms with Gasteiger partial charge >= 0.3 is 5.97 Å². The van der Waals surface area contributed by atoms with Crippen molar-refractivity contribution in [3.63, 3.8) is 0 Å². The first-order valence-corrected chi connectivity index (χ1v) is 5.16. The molecule has 0 spiro atoms. The summed E-state index contributed by atoms with van der Waals surface area (Å²) in [5, 5.41) is 0. The summed E-state index contributed by atoms with van der Waals surface area (Å²) in [5.41, 5.74) is 9.58. The summed E-state index contributed by atoms with van der Waals surface area (Å²) in [6.45, 7) is 3.73. The minimum absolute atomic E-state index is 0.224. The minimum Gasteiger partial charge on any atom is -0.464 e. The Morgan fingerprint density at radius 3 is 2.33 bits per heavy atom. The van der Waals surface area contributed by atoms with Crippen molar-refractivity contribution in [2.24, 2.45) is 11.5 Å². The number of ketones is 1. The van der Waals surface area contributed by atoms with Crippen LogP contribution in [0.4, 0.5) is 0 Å². The Morgan fingerprint density at radius 1 is 1.33 bits per heavy atom. The number of hydrogen-bond donors (Lipinski definition) is 2. The summed E-state index contributed by atoms with van der Waals surface area (Å²) in [5.74, 6) is -1.01. The third kappa shape index (κ3) is 3.97. The van der Waals surface area contributed by atoms with Gasteiger partial charge in [-0.3, -0.25) is 4.79 Å². The number of unbranched alkanes of at least 4 members (excludes halogenated alkanes) is 1. The van der Waals surface area contributed by atoms with Crippen molar-refractivity contribution in [1.82, 2.24) is 0 Å². The van der Waals surface area contributed by atoms with Gasteiger partial charge in [0.05, 0.1) is 6.61 Å². The molecule has 0 heterocycles. The Hall–Kier alpha value is -0.940. The van der Waals surface area contributed by atoms with Crippen LogP contribution in [0, 0.1) is 0 Å². The molecule has 0 amide bonds. The van der Waals surface area contributed by atoms with E-state index in [0.717, 1.165) is 6.42 Å². The fraction of sp³-hybridized carbons (Fsp3) is 0.800. The molecule has 5 heteroatoms. The van der Waals surface area contributed by atoms with Crippen molar-refractivity contribution in [3.8, 4) is 0 Å². The van der Waals surface area contributed by atoms with Gasteiger partial charge in [0.1, 0.15) is 0 Å². The Bertz CT molecular complexity index is 231. The molecular formula is C10H20N2O3. The zero-order valence-electron chi connectivity index (χ0n) is 9.41. The normalized spacial score (nSPS) is 14.4. The third-order valence-corrected chi connectivity index (χ3v) is 2.29. The minimum atomic E-state index is -1.49. The van der Waals surface area contributed by atoms with E-state index in [2.05, 4.69) is 0 Å². The molecule has 0 aliphatic carbocycles. The van der Waals surface area contributed by atoms with Gasteiger partial charge in [-0.15, -0.1) is 0 Å². The lowest BCUT2D eigenvalue weighted by Gasteiger charge is -2.23. The molecule has 0 saturated carbocycles. The molecule has 0 aliphatic rings. The van der Waals surface area contributed by atoms with E-state index < -0.39 is 11.5 Å². The Kier molecular flexibility index (Phi) is 6.12. The average Bonchev–Trinajstić information content (AvgIpc) is 2.18. The van der Waals surface area contributed by atoms with Gasteiger partial charge in [0.15, 0.2) is 11.3 Å². The molecule has 5 nitrogen and oxygen atoms in total. The molecule has 0 radical (unpaired) electrons. The smallest absolute Gasteiger partial charge is 0.333 e. The summed E-state index contributed by atoms with van der Waals surface area (Å²) in [7, 11) is 0. The molecule has 0 aromatic rings. The number of rotatable bonds is 7. The lowest BCUT2D eigenvalue weighted by molar-refractivity contribution is -0.153. The van der Waals surface area contributed by atoms with E-state index in [4.69, 9.17) is 16.2 Å². The molecule has 0 unspecified atom stereocenters. The van der Waals surface area contributed by atoms with E-state index in [1.54, 1.807) is 6.92 Å². The van der Waals surface area contributed by atoms with Crippen molar-refractivity contribution in [1.29, 1.82) is 0 Å². The van der Waals surface area contributed by atoms with Crippen LogP contribution < -0.4 is 11.5 Å². The number of hydrogen-bond acceptors (Lipinski definition) is 5. The van der Waals surface area contributed by atoms with Gasteiger partial charge in [-0.1, -0.05) is 0 Å². The van der Waals surface area contributed by atoms with E-state index >= 15 is 0 Å².